The lowest BCUT2D eigenvalue weighted by atomic mass is 9.89. The number of methoxy groups -OCH3 is 1. The molecule has 0 aliphatic carbocycles. The third-order valence-electron chi connectivity index (χ3n) is 4.54. The monoisotopic (exact) mass is 308 g/mol. The number of hydrogen-bond donors (Lipinski definition) is 0. The van der Waals surface area contributed by atoms with Gasteiger partial charge in [0.2, 0.25) is 0 Å². The highest BCUT2D eigenvalue weighted by molar-refractivity contribution is 6.13. The van der Waals surface area contributed by atoms with Gasteiger partial charge in [-0.15, -0.1) is 0 Å². The van der Waals surface area contributed by atoms with Gasteiger partial charge in [0.15, 0.2) is 0 Å². The molecule has 4 nitrogen and oxygen atoms in total. The van der Waals surface area contributed by atoms with Crippen molar-refractivity contribution in [2.24, 2.45) is 0 Å². The molecule has 0 saturated heterocycles. The van der Waals surface area contributed by atoms with Gasteiger partial charge in [-0.05, 0) is 42.5 Å². The Hall–Kier alpha value is -2.75. The summed E-state index contributed by atoms with van der Waals surface area (Å²) in [5, 5.41) is 1.97. The van der Waals surface area contributed by atoms with E-state index in [-0.39, 0.29) is 12.6 Å². The van der Waals surface area contributed by atoms with Gasteiger partial charge in [-0.1, -0.05) is 6.07 Å². The molecule has 0 atom stereocenters. The number of aryl methyl sites for hydroxylation is 2. The van der Waals surface area contributed by atoms with Gasteiger partial charge in [0.1, 0.15) is 12.4 Å². The van der Waals surface area contributed by atoms with Crippen molar-refractivity contribution in [2.75, 3.05) is 7.11 Å². The lowest BCUT2D eigenvalue weighted by Gasteiger charge is -2.16. The van der Waals surface area contributed by atoms with E-state index in [0.717, 1.165) is 38.8 Å². The molecule has 2 heterocycles. The van der Waals surface area contributed by atoms with Crippen molar-refractivity contribution >= 4 is 16.7 Å². The van der Waals surface area contributed by atoms with E-state index in [1.807, 2.05) is 6.07 Å². The first-order valence-corrected chi connectivity index (χ1v) is 7.45. The zero-order valence-corrected chi connectivity index (χ0v) is 13.2. The molecule has 0 spiro atoms. The number of rotatable bonds is 2. The van der Waals surface area contributed by atoms with Crippen LogP contribution in [0.15, 0.2) is 35.1 Å². The predicted molar refractivity (Wildman–Crippen MR) is 86.8 cm³/mol. The van der Waals surface area contributed by atoms with Gasteiger partial charge in [-0.25, -0.2) is 4.79 Å². The molecule has 4 heteroatoms. The van der Waals surface area contributed by atoms with Gasteiger partial charge in [0.25, 0.3) is 0 Å². The van der Waals surface area contributed by atoms with Crippen LogP contribution in [0, 0.1) is 13.8 Å². The maximum atomic E-state index is 12.3. The topological polar surface area (TPSA) is 48.7 Å². The van der Waals surface area contributed by atoms with E-state index in [9.17, 15) is 4.79 Å². The van der Waals surface area contributed by atoms with Gasteiger partial charge < -0.3 is 13.9 Å². The molecular formula is C19H16O4. The fraction of sp³-hybridized carbons (Fsp3) is 0.211. The van der Waals surface area contributed by atoms with Crippen molar-refractivity contribution in [3.8, 4) is 16.9 Å². The first-order chi connectivity index (χ1) is 11.1. The van der Waals surface area contributed by atoms with Gasteiger partial charge in [-0.3, -0.25) is 0 Å². The summed E-state index contributed by atoms with van der Waals surface area (Å²) in [6, 6.07) is 6.07. The molecule has 0 N–H and O–H groups in total. The first-order valence-electron chi connectivity index (χ1n) is 7.45. The quantitative estimate of drug-likeness (QED) is 0.659. The van der Waals surface area contributed by atoms with Crippen molar-refractivity contribution in [3.05, 3.63) is 53.0 Å². The van der Waals surface area contributed by atoms with E-state index in [4.69, 9.17) is 13.9 Å². The van der Waals surface area contributed by atoms with Crippen LogP contribution in [0.1, 0.15) is 27.0 Å². The summed E-state index contributed by atoms with van der Waals surface area (Å²) in [5.41, 5.74) is 5.46. The van der Waals surface area contributed by atoms with Crippen molar-refractivity contribution in [1.82, 2.24) is 0 Å². The van der Waals surface area contributed by atoms with E-state index in [2.05, 4.69) is 26.0 Å². The first kappa shape index (κ1) is 13.9. The Morgan fingerprint density at radius 2 is 1.83 bits per heavy atom. The molecule has 3 aromatic rings. The Balaban J connectivity index is 2.24. The smallest absolute Gasteiger partial charge is 0.339 e. The molecule has 2 aromatic carbocycles. The fourth-order valence-electron chi connectivity index (χ4n) is 3.29. The van der Waals surface area contributed by atoms with Crippen molar-refractivity contribution < 1.29 is 18.7 Å². The second-order valence-corrected chi connectivity index (χ2v) is 5.83. The molecule has 116 valence electrons. The van der Waals surface area contributed by atoms with E-state index < -0.39 is 0 Å². The van der Waals surface area contributed by atoms with Crippen LogP contribution in [-0.4, -0.2) is 13.1 Å². The molecule has 1 aliphatic rings. The Morgan fingerprint density at radius 3 is 2.48 bits per heavy atom. The average molecular weight is 308 g/mol. The van der Waals surface area contributed by atoms with Crippen LogP contribution in [0.5, 0.6) is 5.75 Å². The fourth-order valence-corrected chi connectivity index (χ4v) is 3.29. The average Bonchev–Trinajstić information content (AvgIpc) is 3.18. The zero-order chi connectivity index (χ0) is 16.1. The number of ether oxygens (including phenoxy) is 2. The highest BCUT2D eigenvalue weighted by Crippen LogP contribution is 2.45. The Bertz CT molecular complexity index is 936. The van der Waals surface area contributed by atoms with Crippen LogP contribution in [0.3, 0.4) is 0 Å². The van der Waals surface area contributed by atoms with Crippen molar-refractivity contribution in [1.29, 1.82) is 0 Å². The van der Waals surface area contributed by atoms with E-state index in [1.54, 1.807) is 19.6 Å². The van der Waals surface area contributed by atoms with Gasteiger partial charge in [-0.2, -0.15) is 0 Å². The molecule has 1 aromatic heterocycles. The number of carbonyl (C=O) groups excluding carboxylic acids is 1. The molecule has 0 radical (unpaired) electrons. The van der Waals surface area contributed by atoms with Crippen LogP contribution in [-0.2, 0) is 11.3 Å². The minimum absolute atomic E-state index is 0.241. The summed E-state index contributed by atoms with van der Waals surface area (Å²) >= 11 is 0. The molecule has 0 fully saturated rings. The molecule has 0 amide bonds. The largest absolute Gasteiger partial charge is 0.496 e. The van der Waals surface area contributed by atoms with Crippen LogP contribution in [0.25, 0.3) is 21.9 Å². The van der Waals surface area contributed by atoms with E-state index in [0.29, 0.717) is 5.56 Å². The van der Waals surface area contributed by atoms with Gasteiger partial charge in [0.05, 0.1) is 25.2 Å². The Morgan fingerprint density at radius 1 is 1.09 bits per heavy atom. The Kier molecular flexibility index (Phi) is 2.94. The molecule has 0 saturated carbocycles. The summed E-state index contributed by atoms with van der Waals surface area (Å²) in [6.45, 7) is 4.37. The highest BCUT2D eigenvalue weighted by atomic mass is 16.5. The van der Waals surface area contributed by atoms with Gasteiger partial charge in [0, 0.05) is 22.1 Å². The van der Waals surface area contributed by atoms with E-state index >= 15 is 0 Å². The molecular weight excluding hydrogens is 292 g/mol. The number of cyclic esters (lactones) is 1. The number of furan rings is 1. The molecule has 4 rings (SSSR count). The summed E-state index contributed by atoms with van der Waals surface area (Å²) in [6.07, 6.45) is 3.27. The number of fused-ring (bicyclic) bond motifs is 2. The normalized spacial score (nSPS) is 13.3. The summed E-state index contributed by atoms with van der Waals surface area (Å²) in [5.74, 6) is 0.408. The third-order valence-corrected chi connectivity index (χ3v) is 4.54. The molecule has 1 aliphatic heterocycles. The van der Waals surface area contributed by atoms with E-state index in [1.165, 1.54) is 5.56 Å². The lowest BCUT2D eigenvalue weighted by molar-refractivity contribution is 0.0535. The highest BCUT2D eigenvalue weighted by Gasteiger charge is 2.32. The molecule has 0 bridgehead atoms. The third kappa shape index (κ3) is 1.88. The van der Waals surface area contributed by atoms with Crippen LogP contribution in [0.2, 0.25) is 0 Å². The predicted octanol–water partition coefficient (Wildman–Crippen LogP) is 4.40. The van der Waals surface area contributed by atoms with Crippen molar-refractivity contribution in [3.63, 3.8) is 0 Å². The lowest BCUT2D eigenvalue weighted by Crippen LogP contribution is -2.01. The molecule has 23 heavy (non-hydrogen) atoms. The SMILES string of the molecule is COc1c2c(c(-c3ccoc3)c3cc(C)c(C)cc13)C(=O)OC2. The zero-order valence-electron chi connectivity index (χ0n) is 13.2. The second kappa shape index (κ2) is 4.88. The maximum absolute atomic E-state index is 12.3. The summed E-state index contributed by atoms with van der Waals surface area (Å²) < 4.78 is 16.2. The number of esters is 1. The molecule has 0 unspecified atom stereocenters. The maximum Gasteiger partial charge on any atom is 0.339 e. The van der Waals surface area contributed by atoms with Crippen LogP contribution < -0.4 is 4.74 Å². The standard InChI is InChI=1S/C19H16O4/c1-10-6-13-14(7-11(10)2)18(21-3)15-9-23-19(20)17(15)16(13)12-4-5-22-8-12/h4-8H,9H2,1-3H3. The minimum atomic E-state index is -0.311. The van der Waals surface area contributed by atoms with Crippen LogP contribution >= 0.6 is 0 Å². The minimum Gasteiger partial charge on any atom is -0.496 e. The Labute approximate surface area is 133 Å². The summed E-state index contributed by atoms with van der Waals surface area (Å²) in [4.78, 5) is 12.3. The van der Waals surface area contributed by atoms with Crippen molar-refractivity contribution in [2.45, 2.75) is 20.5 Å². The number of hydrogen-bond acceptors (Lipinski definition) is 4. The van der Waals surface area contributed by atoms with Crippen LogP contribution in [0.4, 0.5) is 0 Å². The second-order valence-electron chi connectivity index (χ2n) is 5.83. The number of carbonyl (C=O) groups is 1. The number of benzene rings is 2. The summed E-state index contributed by atoms with van der Waals surface area (Å²) in [7, 11) is 1.63. The van der Waals surface area contributed by atoms with Gasteiger partial charge >= 0.3 is 5.97 Å².